The third kappa shape index (κ3) is 6.81. The van der Waals surface area contributed by atoms with E-state index in [1.807, 2.05) is 68.4 Å². The lowest BCUT2D eigenvalue weighted by Gasteiger charge is -2.11. The molecule has 166 valence electrons. The molecule has 0 aliphatic rings. The Labute approximate surface area is 193 Å². The number of nitriles is 1. The molecule has 0 radical (unpaired) electrons. The lowest BCUT2D eigenvalue weighted by Crippen LogP contribution is -2.23. The van der Waals surface area contributed by atoms with Gasteiger partial charge in [-0.2, -0.15) is 5.26 Å². The molecule has 33 heavy (non-hydrogen) atoms. The molecular formula is C27H25N3O3. The predicted molar refractivity (Wildman–Crippen MR) is 128 cm³/mol. The zero-order valence-corrected chi connectivity index (χ0v) is 18.6. The molecule has 0 aliphatic carbocycles. The van der Waals surface area contributed by atoms with Crippen LogP contribution in [0.25, 0.3) is 6.08 Å². The maximum absolute atomic E-state index is 12.3. The van der Waals surface area contributed by atoms with Gasteiger partial charge in [0, 0.05) is 12.2 Å². The monoisotopic (exact) mass is 439 g/mol. The van der Waals surface area contributed by atoms with Crippen molar-refractivity contribution in [3.8, 4) is 11.8 Å². The van der Waals surface area contributed by atoms with Gasteiger partial charge in [0.1, 0.15) is 17.4 Å². The van der Waals surface area contributed by atoms with Crippen molar-refractivity contribution in [1.82, 2.24) is 5.32 Å². The Balaban J connectivity index is 1.54. The summed E-state index contributed by atoms with van der Waals surface area (Å²) in [5.41, 5.74) is 4.51. The Morgan fingerprint density at radius 3 is 2.39 bits per heavy atom. The number of benzene rings is 3. The molecule has 0 heterocycles. The Morgan fingerprint density at radius 1 is 0.970 bits per heavy atom. The van der Waals surface area contributed by atoms with E-state index in [1.165, 1.54) is 6.08 Å². The van der Waals surface area contributed by atoms with Crippen molar-refractivity contribution >= 4 is 23.6 Å². The van der Waals surface area contributed by atoms with Gasteiger partial charge in [-0.15, -0.1) is 0 Å². The molecule has 0 bridgehead atoms. The van der Waals surface area contributed by atoms with Crippen molar-refractivity contribution in [1.29, 1.82) is 5.26 Å². The average molecular weight is 440 g/mol. The quantitative estimate of drug-likeness (QED) is 0.398. The molecule has 2 N–H and O–H groups in total. The number of aryl methyl sites for hydroxylation is 1. The van der Waals surface area contributed by atoms with Crippen molar-refractivity contribution in [2.75, 3.05) is 11.9 Å². The summed E-state index contributed by atoms with van der Waals surface area (Å²) in [6.07, 6.45) is 1.51. The van der Waals surface area contributed by atoms with Gasteiger partial charge in [-0.3, -0.25) is 9.59 Å². The standard InChI is InChI=1S/C27H25N3O3/c1-19-7-6-10-25(20(19)2)30-26(31)18-33-24-13-11-21(12-14-24)15-23(16-28)27(32)29-17-22-8-4-3-5-9-22/h3-15H,17-18H2,1-2H3,(H,29,32)(H,30,31)/b23-15+. The van der Waals surface area contributed by atoms with E-state index in [4.69, 9.17) is 4.74 Å². The van der Waals surface area contributed by atoms with E-state index in [2.05, 4.69) is 10.6 Å². The number of anilines is 1. The van der Waals surface area contributed by atoms with Gasteiger partial charge in [-0.25, -0.2) is 0 Å². The molecule has 3 rings (SSSR count). The Hall–Kier alpha value is -4.37. The highest BCUT2D eigenvalue weighted by atomic mass is 16.5. The minimum atomic E-state index is -0.440. The van der Waals surface area contributed by atoms with Gasteiger partial charge in [0.2, 0.25) is 0 Å². The highest BCUT2D eigenvalue weighted by molar-refractivity contribution is 6.01. The summed E-state index contributed by atoms with van der Waals surface area (Å²) < 4.78 is 5.55. The van der Waals surface area contributed by atoms with Gasteiger partial charge >= 0.3 is 0 Å². The van der Waals surface area contributed by atoms with Crippen LogP contribution in [-0.4, -0.2) is 18.4 Å². The maximum atomic E-state index is 12.3. The molecule has 3 aromatic carbocycles. The normalized spacial score (nSPS) is 10.8. The topological polar surface area (TPSA) is 91.2 Å². The van der Waals surface area contributed by atoms with Crippen LogP contribution in [-0.2, 0) is 16.1 Å². The van der Waals surface area contributed by atoms with Crippen LogP contribution in [0.2, 0.25) is 0 Å². The third-order valence-corrected chi connectivity index (χ3v) is 5.10. The Morgan fingerprint density at radius 2 is 1.70 bits per heavy atom. The third-order valence-electron chi connectivity index (χ3n) is 5.10. The van der Waals surface area contributed by atoms with Crippen LogP contribution in [0, 0.1) is 25.2 Å². The number of ether oxygens (including phenoxy) is 1. The molecule has 0 aromatic heterocycles. The van der Waals surface area contributed by atoms with Gasteiger partial charge in [0.05, 0.1) is 0 Å². The summed E-state index contributed by atoms with van der Waals surface area (Å²) in [4.78, 5) is 24.5. The Kier molecular flexibility index (Phi) is 7.98. The summed E-state index contributed by atoms with van der Waals surface area (Å²) in [6, 6.07) is 24.0. The lowest BCUT2D eigenvalue weighted by molar-refractivity contribution is -0.118. The van der Waals surface area contributed by atoms with Crippen LogP contribution in [0.4, 0.5) is 5.69 Å². The average Bonchev–Trinajstić information content (AvgIpc) is 2.84. The number of amides is 2. The minimum Gasteiger partial charge on any atom is -0.484 e. The number of nitrogens with one attached hydrogen (secondary N) is 2. The van der Waals surface area contributed by atoms with Crippen molar-refractivity contribution in [3.63, 3.8) is 0 Å². The smallest absolute Gasteiger partial charge is 0.262 e. The molecule has 0 saturated heterocycles. The number of nitrogens with zero attached hydrogens (tertiary/aromatic N) is 1. The number of carbonyl (C=O) groups excluding carboxylic acids is 2. The van der Waals surface area contributed by atoms with Gasteiger partial charge in [0.25, 0.3) is 11.8 Å². The lowest BCUT2D eigenvalue weighted by atomic mass is 10.1. The van der Waals surface area contributed by atoms with Crippen LogP contribution in [0.5, 0.6) is 5.75 Å². The summed E-state index contributed by atoms with van der Waals surface area (Å²) >= 11 is 0. The molecule has 0 unspecified atom stereocenters. The van der Waals surface area contributed by atoms with Crippen LogP contribution < -0.4 is 15.4 Å². The first-order chi connectivity index (χ1) is 16.0. The van der Waals surface area contributed by atoms with Crippen LogP contribution in [0.15, 0.2) is 78.4 Å². The second-order valence-electron chi connectivity index (χ2n) is 7.49. The van der Waals surface area contributed by atoms with Gasteiger partial charge in [-0.05, 0) is 60.4 Å². The molecule has 0 spiro atoms. The fourth-order valence-corrected chi connectivity index (χ4v) is 3.07. The van der Waals surface area contributed by atoms with Crippen molar-refractivity contribution in [3.05, 3.63) is 101 Å². The number of hydrogen-bond acceptors (Lipinski definition) is 4. The zero-order valence-electron chi connectivity index (χ0n) is 18.6. The number of rotatable bonds is 8. The van der Waals surface area contributed by atoms with Gasteiger partial charge < -0.3 is 15.4 Å². The van der Waals surface area contributed by atoms with Crippen LogP contribution in [0.3, 0.4) is 0 Å². The van der Waals surface area contributed by atoms with E-state index < -0.39 is 5.91 Å². The zero-order chi connectivity index (χ0) is 23.6. The summed E-state index contributed by atoms with van der Waals surface area (Å²) in [5, 5.41) is 15.0. The second-order valence-corrected chi connectivity index (χ2v) is 7.49. The van der Waals surface area contributed by atoms with Gasteiger partial charge in [0.15, 0.2) is 6.61 Å². The van der Waals surface area contributed by atoms with E-state index in [9.17, 15) is 14.9 Å². The molecule has 0 aliphatic heterocycles. The SMILES string of the molecule is Cc1cccc(NC(=O)COc2ccc(/C=C(\C#N)C(=O)NCc3ccccc3)cc2)c1C. The van der Waals surface area contributed by atoms with Crippen molar-refractivity contribution < 1.29 is 14.3 Å². The summed E-state index contributed by atoms with van der Waals surface area (Å²) in [5.74, 6) is -0.186. The first kappa shape index (κ1) is 23.3. The fraction of sp³-hybridized carbons (Fsp3) is 0.148. The highest BCUT2D eigenvalue weighted by Gasteiger charge is 2.10. The molecule has 0 atom stereocenters. The molecule has 6 nitrogen and oxygen atoms in total. The van der Waals surface area contributed by atoms with Crippen LogP contribution in [0.1, 0.15) is 22.3 Å². The van der Waals surface area contributed by atoms with Crippen molar-refractivity contribution in [2.45, 2.75) is 20.4 Å². The first-order valence-electron chi connectivity index (χ1n) is 10.5. The van der Waals surface area contributed by atoms with E-state index >= 15 is 0 Å². The minimum absolute atomic E-state index is 0.00695. The molecule has 0 fully saturated rings. The highest BCUT2D eigenvalue weighted by Crippen LogP contribution is 2.18. The second kappa shape index (κ2) is 11.3. The Bertz CT molecular complexity index is 1190. The molecule has 3 aromatic rings. The van der Waals surface area contributed by atoms with E-state index in [0.29, 0.717) is 17.9 Å². The number of hydrogen-bond donors (Lipinski definition) is 2. The van der Waals surface area contributed by atoms with E-state index in [0.717, 1.165) is 22.4 Å². The summed E-state index contributed by atoms with van der Waals surface area (Å²) in [6.45, 7) is 4.15. The first-order valence-corrected chi connectivity index (χ1v) is 10.5. The molecule has 0 saturated carbocycles. The van der Waals surface area contributed by atoms with Crippen LogP contribution >= 0.6 is 0 Å². The largest absolute Gasteiger partial charge is 0.484 e. The van der Waals surface area contributed by atoms with Gasteiger partial charge in [-0.1, -0.05) is 54.6 Å². The maximum Gasteiger partial charge on any atom is 0.262 e. The predicted octanol–water partition coefficient (Wildman–Crippen LogP) is 4.54. The molecular weight excluding hydrogens is 414 g/mol. The fourth-order valence-electron chi connectivity index (χ4n) is 3.07. The molecule has 6 heteroatoms. The van der Waals surface area contributed by atoms with Crippen molar-refractivity contribution in [2.24, 2.45) is 0 Å². The van der Waals surface area contributed by atoms with E-state index in [1.54, 1.807) is 24.3 Å². The molecule has 2 amide bonds. The summed E-state index contributed by atoms with van der Waals surface area (Å²) in [7, 11) is 0. The number of carbonyl (C=O) groups is 2. The van der Waals surface area contributed by atoms with E-state index in [-0.39, 0.29) is 18.1 Å².